The highest BCUT2D eigenvalue weighted by atomic mass is 32.2. The fourth-order valence-electron chi connectivity index (χ4n) is 1.83. The van der Waals surface area contributed by atoms with Crippen LogP contribution in [0.4, 0.5) is 10.1 Å². The summed E-state index contributed by atoms with van der Waals surface area (Å²) in [5.41, 5.74) is 2.56. The van der Waals surface area contributed by atoms with E-state index in [1.54, 1.807) is 19.1 Å². The molecule has 0 bridgehead atoms. The molecule has 2 aromatic carbocycles. The van der Waals surface area contributed by atoms with Crippen LogP contribution in [0.5, 0.6) is 0 Å². The van der Waals surface area contributed by atoms with Crippen LogP contribution in [0.3, 0.4) is 0 Å². The highest BCUT2D eigenvalue weighted by Gasteiger charge is 2.12. The fraction of sp³-hybridized carbons (Fsp3) is 0.200. The Balaban J connectivity index is 2.14. The minimum absolute atomic E-state index is 0.107. The van der Waals surface area contributed by atoms with Crippen LogP contribution in [-0.4, -0.2) is 8.42 Å². The zero-order chi connectivity index (χ0) is 14.8. The van der Waals surface area contributed by atoms with Gasteiger partial charge in [-0.15, -0.1) is 0 Å². The van der Waals surface area contributed by atoms with E-state index in [0.29, 0.717) is 16.8 Å². The molecule has 0 atom stereocenters. The molecule has 2 rings (SSSR count). The second kappa shape index (κ2) is 5.63. The molecule has 0 aliphatic heterocycles. The topological polar surface area (TPSA) is 46.2 Å². The van der Waals surface area contributed by atoms with E-state index in [4.69, 9.17) is 0 Å². The van der Waals surface area contributed by atoms with Crippen molar-refractivity contribution in [3.05, 3.63) is 65.0 Å². The molecule has 0 aromatic heterocycles. The predicted molar refractivity (Wildman–Crippen MR) is 78.6 cm³/mol. The third kappa shape index (κ3) is 3.81. The van der Waals surface area contributed by atoms with Gasteiger partial charge in [0.1, 0.15) is 5.82 Å². The molecule has 0 saturated carbocycles. The second-order valence-corrected chi connectivity index (χ2v) is 6.53. The normalized spacial score (nSPS) is 11.3. The van der Waals surface area contributed by atoms with Crippen molar-refractivity contribution in [2.75, 3.05) is 4.72 Å². The smallest absolute Gasteiger partial charge is 0.236 e. The summed E-state index contributed by atoms with van der Waals surface area (Å²) in [6, 6.07) is 11.4. The van der Waals surface area contributed by atoms with Gasteiger partial charge in [-0.1, -0.05) is 29.8 Å². The van der Waals surface area contributed by atoms with Gasteiger partial charge in [-0.25, -0.2) is 12.8 Å². The van der Waals surface area contributed by atoms with Crippen molar-refractivity contribution in [3.63, 3.8) is 0 Å². The van der Waals surface area contributed by atoms with E-state index in [-0.39, 0.29) is 11.6 Å². The molecule has 0 aliphatic rings. The van der Waals surface area contributed by atoms with Gasteiger partial charge in [0.05, 0.1) is 5.75 Å². The number of aryl methyl sites for hydroxylation is 2. The van der Waals surface area contributed by atoms with E-state index >= 15 is 0 Å². The van der Waals surface area contributed by atoms with Crippen molar-refractivity contribution < 1.29 is 12.8 Å². The van der Waals surface area contributed by atoms with Crippen molar-refractivity contribution >= 4 is 15.7 Å². The van der Waals surface area contributed by atoms with Gasteiger partial charge in [0.15, 0.2) is 0 Å². The lowest BCUT2D eigenvalue weighted by atomic mass is 10.2. The van der Waals surface area contributed by atoms with Gasteiger partial charge in [0.25, 0.3) is 0 Å². The molecule has 5 heteroatoms. The van der Waals surface area contributed by atoms with Crippen molar-refractivity contribution in [1.29, 1.82) is 0 Å². The average Bonchev–Trinajstić information content (AvgIpc) is 2.36. The van der Waals surface area contributed by atoms with Crippen LogP contribution in [0.1, 0.15) is 16.7 Å². The Morgan fingerprint density at radius 2 is 1.70 bits per heavy atom. The summed E-state index contributed by atoms with van der Waals surface area (Å²) < 4.78 is 39.7. The fourth-order valence-corrected chi connectivity index (χ4v) is 3.02. The largest absolute Gasteiger partial charge is 0.283 e. The summed E-state index contributed by atoms with van der Waals surface area (Å²) in [6.45, 7) is 3.53. The first kappa shape index (κ1) is 14.5. The van der Waals surface area contributed by atoms with Crippen molar-refractivity contribution in [2.24, 2.45) is 0 Å². The first-order valence-electron chi connectivity index (χ1n) is 6.18. The minimum atomic E-state index is -3.50. The number of rotatable bonds is 4. The van der Waals surface area contributed by atoms with Gasteiger partial charge >= 0.3 is 0 Å². The SMILES string of the molecule is Cc1ccc(CS(=O)(=O)Nc2ccc(F)c(C)c2)cc1. The lowest BCUT2D eigenvalue weighted by Crippen LogP contribution is -2.15. The number of hydrogen-bond acceptors (Lipinski definition) is 2. The third-order valence-electron chi connectivity index (χ3n) is 2.91. The maximum absolute atomic E-state index is 13.1. The summed E-state index contributed by atoms with van der Waals surface area (Å²) in [6.07, 6.45) is 0. The van der Waals surface area contributed by atoms with Gasteiger partial charge in [0, 0.05) is 5.69 Å². The lowest BCUT2D eigenvalue weighted by Gasteiger charge is -2.09. The Bertz CT molecular complexity index is 709. The van der Waals surface area contributed by atoms with Gasteiger partial charge < -0.3 is 0 Å². The van der Waals surface area contributed by atoms with Crippen LogP contribution in [-0.2, 0) is 15.8 Å². The molecule has 3 nitrogen and oxygen atoms in total. The monoisotopic (exact) mass is 293 g/mol. The van der Waals surface area contributed by atoms with Crippen LogP contribution >= 0.6 is 0 Å². The maximum atomic E-state index is 13.1. The van der Waals surface area contributed by atoms with Crippen LogP contribution in [0.25, 0.3) is 0 Å². The summed E-state index contributed by atoms with van der Waals surface area (Å²) >= 11 is 0. The maximum Gasteiger partial charge on any atom is 0.236 e. The quantitative estimate of drug-likeness (QED) is 0.939. The van der Waals surface area contributed by atoms with Crippen molar-refractivity contribution in [3.8, 4) is 0 Å². The first-order valence-corrected chi connectivity index (χ1v) is 7.83. The molecule has 0 unspecified atom stereocenters. The van der Waals surface area contributed by atoms with E-state index in [1.165, 1.54) is 18.2 Å². The Hall–Kier alpha value is -1.88. The van der Waals surface area contributed by atoms with E-state index in [9.17, 15) is 12.8 Å². The van der Waals surface area contributed by atoms with Crippen LogP contribution in [0, 0.1) is 19.7 Å². The van der Waals surface area contributed by atoms with Crippen LogP contribution in [0.15, 0.2) is 42.5 Å². The highest BCUT2D eigenvalue weighted by molar-refractivity contribution is 7.91. The molecular weight excluding hydrogens is 277 g/mol. The lowest BCUT2D eigenvalue weighted by molar-refractivity contribution is 0.600. The van der Waals surface area contributed by atoms with E-state index < -0.39 is 10.0 Å². The number of nitrogens with one attached hydrogen (secondary N) is 1. The van der Waals surface area contributed by atoms with Gasteiger partial charge in [-0.3, -0.25) is 4.72 Å². The molecule has 0 aliphatic carbocycles. The highest BCUT2D eigenvalue weighted by Crippen LogP contribution is 2.17. The average molecular weight is 293 g/mol. The molecule has 0 radical (unpaired) electrons. The van der Waals surface area contributed by atoms with E-state index in [0.717, 1.165) is 5.56 Å². The number of benzene rings is 2. The molecule has 1 N–H and O–H groups in total. The van der Waals surface area contributed by atoms with Crippen molar-refractivity contribution in [2.45, 2.75) is 19.6 Å². The van der Waals surface area contributed by atoms with Gasteiger partial charge in [-0.05, 0) is 43.2 Å². The standard InChI is InChI=1S/C15H16FNO2S/c1-11-3-5-13(6-4-11)10-20(18,19)17-14-7-8-15(16)12(2)9-14/h3-9,17H,10H2,1-2H3. The summed E-state index contributed by atoms with van der Waals surface area (Å²) in [5, 5.41) is 0. The molecule has 0 saturated heterocycles. The summed E-state index contributed by atoms with van der Waals surface area (Å²) in [5.74, 6) is -0.463. The summed E-state index contributed by atoms with van der Waals surface area (Å²) in [7, 11) is -3.50. The Morgan fingerprint density at radius 1 is 1.05 bits per heavy atom. The molecule has 0 fully saturated rings. The van der Waals surface area contributed by atoms with E-state index in [1.807, 2.05) is 19.1 Å². The second-order valence-electron chi connectivity index (χ2n) is 4.81. The molecule has 106 valence electrons. The number of hydrogen-bond donors (Lipinski definition) is 1. The summed E-state index contributed by atoms with van der Waals surface area (Å²) in [4.78, 5) is 0. The zero-order valence-corrected chi connectivity index (χ0v) is 12.2. The Morgan fingerprint density at radius 3 is 2.30 bits per heavy atom. The number of anilines is 1. The van der Waals surface area contributed by atoms with E-state index in [2.05, 4.69) is 4.72 Å². The zero-order valence-electron chi connectivity index (χ0n) is 11.4. The van der Waals surface area contributed by atoms with Gasteiger partial charge in [0.2, 0.25) is 10.0 Å². The van der Waals surface area contributed by atoms with Crippen LogP contribution in [0.2, 0.25) is 0 Å². The predicted octanol–water partition coefficient (Wildman–Crippen LogP) is 3.38. The molecule has 2 aromatic rings. The third-order valence-corrected chi connectivity index (χ3v) is 4.17. The molecule has 0 spiro atoms. The molecular formula is C15H16FNO2S. The molecule has 0 amide bonds. The minimum Gasteiger partial charge on any atom is -0.283 e. The Kier molecular flexibility index (Phi) is 4.09. The molecule has 20 heavy (non-hydrogen) atoms. The van der Waals surface area contributed by atoms with Gasteiger partial charge in [-0.2, -0.15) is 0 Å². The van der Waals surface area contributed by atoms with Crippen molar-refractivity contribution in [1.82, 2.24) is 0 Å². The number of sulfonamides is 1. The van der Waals surface area contributed by atoms with Crippen LogP contribution < -0.4 is 4.72 Å². The molecule has 0 heterocycles. The Labute approximate surface area is 118 Å². The first-order chi connectivity index (χ1) is 9.35. The number of halogens is 1.